The van der Waals surface area contributed by atoms with Gasteiger partial charge in [0.05, 0.1) is 24.8 Å². The van der Waals surface area contributed by atoms with Gasteiger partial charge in [-0.2, -0.15) is 15.1 Å². The molecule has 13 nitrogen and oxygen atoms in total. The minimum absolute atomic E-state index is 0.0130. The van der Waals surface area contributed by atoms with E-state index in [-0.39, 0.29) is 11.3 Å². The van der Waals surface area contributed by atoms with E-state index >= 15 is 0 Å². The van der Waals surface area contributed by atoms with E-state index in [0.717, 1.165) is 19.3 Å². The molecule has 2 aromatic rings. The summed E-state index contributed by atoms with van der Waals surface area (Å²) in [5.74, 6) is 1.87. The van der Waals surface area contributed by atoms with Crippen molar-refractivity contribution in [3.05, 3.63) is 11.5 Å². The van der Waals surface area contributed by atoms with Gasteiger partial charge in [0, 0.05) is 6.04 Å². The van der Waals surface area contributed by atoms with Gasteiger partial charge in [-0.25, -0.2) is 4.68 Å². The largest absolute Gasteiger partial charge is 0.393 e. The molecule has 1 saturated heterocycles. The quantitative estimate of drug-likeness (QED) is 0.203. The molecular formula is C21H31ClN5O8P. The van der Waals surface area contributed by atoms with Gasteiger partial charge in [-0.3, -0.25) is 4.57 Å². The van der Waals surface area contributed by atoms with Crippen LogP contribution in [0.15, 0.2) is 6.20 Å². The molecular weight excluding hydrogens is 517 g/mol. The van der Waals surface area contributed by atoms with Crippen LogP contribution in [-0.2, 0) is 14.0 Å². The van der Waals surface area contributed by atoms with Crippen molar-refractivity contribution in [2.45, 2.75) is 75.0 Å². The number of aromatic nitrogens is 4. The standard InChI is InChI=1S/C21H31ClN5O8P/c1-21(9-28,36(31,32)33)34-8-14-15(29)16(30)19(35-14)27-18-12(7-23-27)17(25-20(22)26-18)24-13-6-5-10-3-2-4-11(10)13/h7,10-11,13-16,19,28-30H,2-6,8-9H2,1H3,(H,24,25,26)(H2,31,32,33)/t10-,11-,13-,14-,15-,16-,19-,21+/m0/s1. The van der Waals surface area contributed by atoms with E-state index in [1.54, 1.807) is 0 Å². The summed E-state index contributed by atoms with van der Waals surface area (Å²) in [5.41, 5.74) is 0.298. The average Bonchev–Trinajstić information content (AvgIpc) is 3.58. The molecule has 36 heavy (non-hydrogen) atoms. The highest BCUT2D eigenvalue weighted by atomic mass is 35.5. The normalized spacial score (nSPS) is 34.2. The number of nitrogens with zero attached hydrogens (tertiary/aromatic N) is 4. The lowest BCUT2D eigenvalue weighted by Crippen LogP contribution is -2.39. The summed E-state index contributed by atoms with van der Waals surface area (Å²) in [7, 11) is -4.83. The van der Waals surface area contributed by atoms with Gasteiger partial charge in [-0.15, -0.1) is 0 Å². The number of hydrogen-bond donors (Lipinski definition) is 6. The zero-order chi connectivity index (χ0) is 25.8. The Labute approximate surface area is 211 Å². The number of hydrogen-bond acceptors (Lipinski definition) is 10. The molecule has 6 N–H and O–H groups in total. The second kappa shape index (κ2) is 9.72. The van der Waals surface area contributed by atoms with Crippen LogP contribution in [0.3, 0.4) is 0 Å². The molecule has 3 aliphatic rings. The maximum Gasteiger partial charge on any atom is 0.359 e. The van der Waals surface area contributed by atoms with E-state index < -0.39 is 50.7 Å². The molecule has 0 unspecified atom stereocenters. The SMILES string of the molecule is C[C@@](CO)(OC[C@@H]1O[C@H](n2ncc3c(N[C@H]4CC[C@@H]5CCC[C@@H]54)nc(Cl)nc32)[C@@H](O)[C@H]1O)P(=O)(O)O. The predicted octanol–water partition coefficient (Wildman–Crippen LogP) is 0.992. The van der Waals surface area contributed by atoms with Crippen LogP contribution in [0, 0.1) is 11.8 Å². The highest BCUT2D eigenvalue weighted by molar-refractivity contribution is 7.53. The van der Waals surface area contributed by atoms with Crippen LogP contribution in [0.4, 0.5) is 5.82 Å². The predicted molar refractivity (Wildman–Crippen MR) is 127 cm³/mol. The number of aliphatic hydroxyl groups is 3. The molecule has 3 fully saturated rings. The fraction of sp³-hybridized carbons (Fsp3) is 0.762. The molecule has 0 amide bonds. The number of rotatable bonds is 8. The number of halogens is 1. The lowest BCUT2D eigenvalue weighted by Gasteiger charge is -2.29. The fourth-order valence-electron chi connectivity index (χ4n) is 5.66. The Morgan fingerprint density at radius 2 is 2.03 bits per heavy atom. The lowest BCUT2D eigenvalue weighted by atomic mass is 9.97. The van der Waals surface area contributed by atoms with Crippen molar-refractivity contribution in [1.82, 2.24) is 19.7 Å². The second-order valence-electron chi connectivity index (χ2n) is 10.1. The van der Waals surface area contributed by atoms with Crippen molar-refractivity contribution in [3.8, 4) is 0 Å². The van der Waals surface area contributed by atoms with Crippen LogP contribution < -0.4 is 5.32 Å². The molecule has 15 heteroatoms. The third-order valence-corrected chi connectivity index (χ3v) is 9.55. The van der Waals surface area contributed by atoms with Crippen molar-refractivity contribution < 1.29 is 39.1 Å². The smallest absolute Gasteiger partial charge is 0.359 e. The molecule has 5 rings (SSSR count). The zero-order valence-electron chi connectivity index (χ0n) is 19.6. The summed E-state index contributed by atoms with van der Waals surface area (Å²) in [6.07, 6.45) is 2.22. The molecule has 2 aliphatic carbocycles. The van der Waals surface area contributed by atoms with Crippen molar-refractivity contribution >= 4 is 36.0 Å². The van der Waals surface area contributed by atoms with Gasteiger partial charge in [0.1, 0.15) is 24.1 Å². The molecule has 200 valence electrons. The summed E-state index contributed by atoms with van der Waals surface area (Å²) < 4.78 is 24.0. The molecule has 2 saturated carbocycles. The van der Waals surface area contributed by atoms with E-state index in [9.17, 15) is 29.7 Å². The van der Waals surface area contributed by atoms with Crippen molar-refractivity contribution in [1.29, 1.82) is 0 Å². The van der Waals surface area contributed by atoms with E-state index in [4.69, 9.17) is 21.1 Å². The summed E-state index contributed by atoms with van der Waals surface area (Å²) in [4.78, 5) is 27.6. The fourth-order valence-corrected chi connectivity index (χ4v) is 6.26. The zero-order valence-corrected chi connectivity index (χ0v) is 21.3. The topological polar surface area (TPSA) is 192 Å². The van der Waals surface area contributed by atoms with Gasteiger partial charge in [-0.1, -0.05) is 12.8 Å². The first-order valence-corrected chi connectivity index (χ1v) is 14.0. The van der Waals surface area contributed by atoms with Crippen molar-refractivity contribution in [3.63, 3.8) is 0 Å². The average molecular weight is 548 g/mol. The van der Waals surface area contributed by atoms with Crippen molar-refractivity contribution in [2.24, 2.45) is 11.8 Å². The maximum atomic E-state index is 11.7. The highest BCUT2D eigenvalue weighted by Gasteiger charge is 2.49. The number of fused-ring (bicyclic) bond motifs is 2. The summed E-state index contributed by atoms with van der Waals surface area (Å²) in [5, 5.41) is 36.9. The number of nitrogens with one attached hydrogen (secondary N) is 1. The van der Waals surface area contributed by atoms with Gasteiger partial charge in [0.2, 0.25) is 5.28 Å². The Morgan fingerprint density at radius 3 is 2.75 bits per heavy atom. The third-order valence-electron chi connectivity index (χ3n) is 7.88. The van der Waals surface area contributed by atoms with Gasteiger partial charge in [0.25, 0.3) is 0 Å². The third kappa shape index (κ3) is 4.55. The highest BCUT2D eigenvalue weighted by Crippen LogP contribution is 2.51. The minimum Gasteiger partial charge on any atom is -0.393 e. The van der Waals surface area contributed by atoms with E-state index in [1.807, 2.05) is 0 Å². The van der Waals surface area contributed by atoms with Crippen LogP contribution >= 0.6 is 19.2 Å². The molecule has 0 aromatic carbocycles. The number of ether oxygens (including phenoxy) is 2. The molecule has 3 heterocycles. The van der Waals surface area contributed by atoms with E-state index in [2.05, 4.69) is 20.4 Å². The minimum atomic E-state index is -4.83. The van der Waals surface area contributed by atoms with Gasteiger partial charge >= 0.3 is 7.60 Å². The van der Waals surface area contributed by atoms with Crippen molar-refractivity contribution in [2.75, 3.05) is 18.5 Å². The Balaban J connectivity index is 1.36. The van der Waals surface area contributed by atoms with Gasteiger partial charge < -0.3 is 39.9 Å². The first kappa shape index (κ1) is 26.2. The Morgan fingerprint density at radius 1 is 1.25 bits per heavy atom. The summed E-state index contributed by atoms with van der Waals surface area (Å²) in [6.45, 7) is -0.401. The van der Waals surface area contributed by atoms with Crippen LogP contribution in [-0.4, -0.2) is 87.8 Å². The summed E-state index contributed by atoms with van der Waals surface area (Å²) in [6, 6.07) is 0.279. The second-order valence-corrected chi connectivity index (χ2v) is 12.5. The van der Waals surface area contributed by atoms with Crippen LogP contribution in [0.25, 0.3) is 11.0 Å². The molecule has 0 spiro atoms. The first-order valence-electron chi connectivity index (χ1n) is 12.0. The lowest BCUT2D eigenvalue weighted by molar-refractivity contribution is -0.104. The number of anilines is 1. The van der Waals surface area contributed by atoms with E-state index in [1.165, 1.54) is 36.6 Å². The van der Waals surface area contributed by atoms with Crippen LogP contribution in [0.1, 0.15) is 45.3 Å². The first-order chi connectivity index (χ1) is 17.0. The van der Waals surface area contributed by atoms with Gasteiger partial charge in [-0.05, 0) is 49.6 Å². The van der Waals surface area contributed by atoms with Crippen LogP contribution in [0.5, 0.6) is 0 Å². The Kier molecular flexibility index (Phi) is 7.07. The monoisotopic (exact) mass is 547 g/mol. The Bertz CT molecular complexity index is 1160. The van der Waals surface area contributed by atoms with Crippen LogP contribution in [0.2, 0.25) is 5.28 Å². The van der Waals surface area contributed by atoms with Gasteiger partial charge in [0.15, 0.2) is 17.2 Å². The molecule has 8 atom stereocenters. The molecule has 1 aliphatic heterocycles. The summed E-state index contributed by atoms with van der Waals surface area (Å²) >= 11 is 6.23. The number of aliphatic hydroxyl groups excluding tert-OH is 3. The Hall–Kier alpha value is -1.41. The molecule has 0 radical (unpaired) electrons. The maximum absolute atomic E-state index is 11.7. The van der Waals surface area contributed by atoms with E-state index in [0.29, 0.717) is 22.8 Å². The molecule has 2 aromatic heterocycles. The molecule has 0 bridgehead atoms.